The van der Waals surface area contributed by atoms with E-state index in [-0.39, 0.29) is 11.3 Å². The summed E-state index contributed by atoms with van der Waals surface area (Å²) in [6, 6.07) is 19.3. The summed E-state index contributed by atoms with van der Waals surface area (Å²) >= 11 is 0. The van der Waals surface area contributed by atoms with Gasteiger partial charge in [-0.3, -0.25) is 4.79 Å². The van der Waals surface area contributed by atoms with Crippen LogP contribution < -0.4 is 0 Å². The van der Waals surface area contributed by atoms with Crippen LogP contribution in [0.3, 0.4) is 0 Å². The fourth-order valence-corrected chi connectivity index (χ4v) is 5.30. The predicted octanol–water partition coefficient (Wildman–Crippen LogP) is 4.18. The molecule has 0 spiro atoms. The Morgan fingerprint density at radius 1 is 1.03 bits per heavy atom. The molecule has 148 valence electrons. The second-order valence-corrected chi connectivity index (χ2v) is 9.29. The number of hydrogen-bond acceptors (Lipinski definition) is 3. The van der Waals surface area contributed by atoms with Crippen LogP contribution in [0.25, 0.3) is 21.8 Å². The van der Waals surface area contributed by atoms with E-state index in [0.29, 0.717) is 17.6 Å². The van der Waals surface area contributed by atoms with Crippen LogP contribution >= 0.6 is 0 Å². The molecule has 0 aliphatic rings. The van der Waals surface area contributed by atoms with Crippen LogP contribution in [-0.4, -0.2) is 30.3 Å². The van der Waals surface area contributed by atoms with Gasteiger partial charge in [-0.15, -0.1) is 0 Å². The summed E-state index contributed by atoms with van der Waals surface area (Å²) in [5.74, 6) is -1.06. The number of rotatable bonds is 5. The number of aliphatic carboxylic acids is 1. The average molecular weight is 407 g/mol. The Bertz CT molecular complexity index is 1350. The summed E-state index contributed by atoms with van der Waals surface area (Å²) in [6.45, 7) is 2.39. The Kier molecular flexibility index (Phi) is 4.67. The highest BCUT2D eigenvalue weighted by molar-refractivity contribution is 7.91. The highest BCUT2D eigenvalue weighted by Crippen LogP contribution is 2.38. The number of benzene rings is 3. The van der Waals surface area contributed by atoms with E-state index in [1.807, 2.05) is 66.1 Å². The Hall–Kier alpha value is -3.12. The van der Waals surface area contributed by atoms with Crippen molar-refractivity contribution in [2.75, 3.05) is 6.26 Å². The zero-order valence-electron chi connectivity index (χ0n) is 16.2. The van der Waals surface area contributed by atoms with Crippen LogP contribution in [0.2, 0.25) is 0 Å². The largest absolute Gasteiger partial charge is 0.481 e. The first kappa shape index (κ1) is 19.2. The lowest BCUT2D eigenvalue weighted by atomic mass is 10.0. The lowest BCUT2D eigenvalue weighted by molar-refractivity contribution is -0.136. The average Bonchev–Trinajstić information content (AvgIpc) is 2.96. The molecule has 4 rings (SSSR count). The highest BCUT2D eigenvalue weighted by atomic mass is 32.2. The smallest absolute Gasteiger partial charge is 0.307 e. The first-order valence-electron chi connectivity index (χ1n) is 9.26. The lowest BCUT2D eigenvalue weighted by Gasteiger charge is -2.15. The van der Waals surface area contributed by atoms with E-state index in [1.54, 1.807) is 6.07 Å². The Morgan fingerprint density at radius 3 is 2.34 bits per heavy atom. The molecule has 0 saturated heterocycles. The third-order valence-electron chi connectivity index (χ3n) is 5.16. The second kappa shape index (κ2) is 7.04. The number of nitrogens with zero attached hydrogens (tertiary/aromatic N) is 1. The molecule has 0 amide bonds. The molecule has 1 aromatic heterocycles. The van der Waals surface area contributed by atoms with E-state index in [9.17, 15) is 18.3 Å². The standard InChI is InChI=1S/C23H21NO4S/c1-15-12-17(13-20(25)26)23(29(2,27)28)22-21(15)18-10-6-7-11-19(18)24(22)14-16-8-4-3-5-9-16/h3-12H,13-14H2,1-2H3,(H,25,26). The van der Waals surface area contributed by atoms with Gasteiger partial charge >= 0.3 is 5.97 Å². The molecule has 4 aromatic rings. The number of carbonyl (C=O) groups is 1. The molecule has 0 fully saturated rings. The molecule has 5 nitrogen and oxygen atoms in total. The molecule has 0 unspecified atom stereocenters. The van der Waals surface area contributed by atoms with Crippen LogP contribution in [0, 0.1) is 6.92 Å². The molecule has 1 heterocycles. The molecule has 0 bridgehead atoms. The van der Waals surface area contributed by atoms with Gasteiger partial charge in [-0.25, -0.2) is 8.42 Å². The van der Waals surface area contributed by atoms with E-state index in [4.69, 9.17) is 0 Å². The minimum atomic E-state index is -3.67. The van der Waals surface area contributed by atoms with Crippen molar-refractivity contribution in [2.24, 2.45) is 0 Å². The minimum absolute atomic E-state index is 0.104. The number of carboxylic acid groups (broad SMARTS) is 1. The Labute approximate surface area is 169 Å². The van der Waals surface area contributed by atoms with E-state index in [1.165, 1.54) is 0 Å². The first-order chi connectivity index (χ1) is 13.8. The predicted molar refractivity (Wildman–Crippen MR) is 114 cm³/mol. The van der Waals surface area contributed by atoms with Crippen molar-refractivity contribution in [3.05, 3.63) is 77.4 Å². The number of carboxylic acids is 1. The van der Waals surface area contributed by atoms with Gasteiger partial charge in [0, 0.05) is 29.1 Å². The summed E-state index contributed by atoms with van der Waals surface area (Å²) in [5.41, 5.74) is 3.73. The van der Waals surface area contributed by atoms with Crippen molar-refractivity contribution in [1.29, 1.82) is 0 Å². The fraction of sp³-hybridized carbons (Fsp3) is 0.174. The Balaban J connectivity index is 2.19. The number of aryl methyl sites for hydroxylation is 1. The molecule has 3 aromatic carbocycles. The first-order valence-corrected chi connectivity index (χ1v) is 11.2. The quantitative estimate of drug-likeness (QED) is 0.538. The second-order valence-electron chi connectivity index (χ2n) is 7.34. The topological polar surface area (TPSA) is 76.4 Å². The summed E-state index contributed by atoms with van der Waals surface area (Å²) in [4.78, 5) is 11.5. The lowest BCUT2D eigenvalue weighted by Crippen LogP contribution is -2.11. The van der Waals surface area contributed by atoms with Gasteiger partial charge in [0.2, 0.25) is 0 Å². The maximum atomic E-state index is 12.8. The fourth-order valence-electron chi connectivity index (χ4n) is 4.13. The van der Waals surface area contributed by atoms with E-state index >= 15 is 0 Å². The van der Waals surface area contributed by atoms with Gasteiger partial charge in [-0.2, -0.15) is 0 Å². The molecule has 0 aliphatic carbocycles. The number of hydrogen-bond donors (Lipinski definition) is 1. The zero-order valence-corrected chi connectivity index (χ0v) is 17.0. The number of aromatic nitrogens is 1. The highest BCUT2D eigenvalue weighted by Gasteiger charge is 2.25. The zero-order chi connectivity index (χ0) is 20.8. The van der Waals surface area contributed by atoms with E-state index < -0.39 is 15.8 Å². The van der Waals surface area contributed by atoms with Gasteiger partial charge in [0.25, 0.3) is 0 Å². The van der Waals surface area contributed by atoms with Gasteiger partial charge in [-0.1, -0.05) is 54.6 Å². The van der Waals surface area contributed by atoms with E-state index in [2.05, 4.69) is 0 Å². The van der Waals surface area contributed by atoms with Gasteiger partial charge < -0.3 is 9.67 Å². The van der Waals surface area contributed by atoms with Crippen molar-refractivity contribution in [3.8, 4) is 0 Å². The summed E-state index contributed by atoms with van der Waals surface area (Å²) in [7, 11) is -3.67. The monoisotopic (exact) mass is 407 g/mol. The van der Waals surface area contributed by atoms with Gasteiger partial charge in [0.1, 0.15) is 0 Å². The van der Waals surface area contributed by atoms with Gasteiger partial charge in [0.15, 0.2) is 9.84 Å². The van der Waals surface area contributed by atoms with Crippen molar-refractivity contribution >= 4 is 37.6 Å². The van der Waals surface area contributed by atoms with Crippen LogP contribution in [0.15, 0.2) is 65.6 Å². The molecule has 0 saturated carbocycles. The molecule has 0 radical (unpaired) electrons. The number of para-hydroxylation sites is 1. The number of sulfone groups is 1. The van der Waals surface area contributed by atoms with Crippen molar-refractivity contribution < 1.29 is 18.3 Å². The molecular formula is C23H21NO4S. The van der Waals surface area contributed by atoms with Crippen LogP contribution in [0.1, 0.15) is 16.7 Å². The van der Waals surface area contributed by atoms with Crippen molar-refractivity contribution in [3.63, 3.8) is 0 Å². The van der Waals surface area contributed by atoms with Crippen molar-refractivity contribution in [1.82, 2.24) is 4.57 Å². The van der Waals surface area contributed by atoms with Crippen LogP contribution in [0.5, 0.6) is 0 Å². The third-order valence-corrected chi connectivity index (χ3v) is 6.36. The van der Waals surface area contributed by atoms with Gasteiger partial charge in [0.05, 0.1) is 16.8 Å². The van der Waals surface area contributed by atoms with Crippen molar-refractivity contribution in [2.45, 2.75) is 24.8 Å². The minimum Gasteiger partial charge on any atom is -0.481 e. The molecule has 0 atom stereocenters. The van der Waals surface area contributed by atoms with E-state index in [0.717, 1.165) is 33.7 Å². The van der Waals surface area contributed by atoms with Crippen LogP contribution in [-0.2, 0) is 27.6 Å². The molecular weight excluding hydrogens is 386 g/mol. The molecule has 6 heteroatoms. The third kappa shape index (κ3) is 3.40. The normalized spacial score (nSPS) is 11.9. The summed E-state index contributed by atoms with van der Waals surface area (Å²) in [5, 5.41) is 11.2. The summed E-state index contributed by atoms with van der Waals surface area (Å²) in [6.07, 6.45) is 0.805. The molecule has 29 heavy (non-hydrogen) atoms. The van der Waals surface area contributed by atoms with Crippen LogP contribution in [0.4, 0.5) is 0 Å². The SMILES string of the molecule is Cc1cc(CC(=O)O)c(S(C)(=O)=O)c2c1c1ccccc1n2Cc1ccccc1. The maximum Gasteiger partial charge on any atom is 0.307 e. The molecule has 0 aliphatic heterocycles. The van der Waals surface area contributed by atoms with Gasteiger partial charge in [-0.05, 0) is 29.7 Å². The Morgan fingerprint density at radius 2 is 1.69 bits per heavy atom. The number of fused-ring (bicyclic) bond motifs is 3. The molecule has 1 N–H and O–H groups in total. The summed E-state index contributed by atoms with van der Waals surface area (Å²) < 4.78 is 27.7. The maximum absolute atomic E-state index is 12.8.